The number of rotatable bonds is 6. The minimum Gasteiger partial charge on any atom is -0.496 e. The van der Waals surface area contributed by atoms with Crippen molar-refractivity contribution in [3.63, 3.8) is 0 Å². The molecule has 0 saturated carbocycles. The first-order valence-corrected chi connectivity index (χ1v) is 10.5. The molecular formula is C20H24N2O4S. The summed E-state index contributed by atoms with van der Waals surface area (Å²) in [4.78, 5) is 12.8. The standard InChI is InChI=1S/C20H24N2O4S/c1-26-19-11-10-17(27(24,25)22-12-6-3-7-13-22)14-18(19)20(23)21-15-16-8-4-2-5-9-16/h2,4-5,8-11,14H,3,6-7,12-13,15H2,1H3,(H,21,23). The molecule has 1 heterocycles. The number of benzene rings is 2. The minimum absolute atomic E-state index is 0.120. The van der Waals surface area contributed by atoms with Crippen molar-refractivity contribution in [1.29, 1.82) is 0 Å². The Labute approximate surface area is 160 Å². The molecule has 1 amide bonds. The van der Waals surface area contributed by atoms with Crippen LogP contribution in [0.15, 0.2) is 53.4 Å². The Morgan fingerprint density at radius 1 is 1.07 bits per heavy atom. The number of carbonyl (C=O) groups is 1. The first-order valence-electron chi connectivity index (χ1n) is 9.02. The highest BCUT2D eigenvalue weighted by atomic mass is 32.2. The third-order valence-electron chi connectivity index (χ3n) is 4.66. The average molecular weight is 388 g/mol. The highest BCUT2D eigenvalue weighted by Gasteiger charge is 2.27. The van der Waals surface area contributed by atoms with Crippen molar-refractivity contribution in [2.24, 2.45) is 0 Å². The van der Waals surface area contributed by atoms with Crippen LogP contribution in [-0.4, -0.2) is 38.8 Å². The van der Waals surface area contributed by atoms with E-state index in [2.05, 4.69) is 5.32 Å². The zero-order valence-corrected chi connectivity index (χ0v) is 16.2. The molecule has 1 fully saturated rings. The third-order valence-corrected chi connectivity index (χ3v) is 6.56. The molecule has 0 atom stereocenters. The van der Waals surface area contributed by atoms with Gasteiger partial charge in [0.25, 0.3) is 5.91 Å². The molecule has 0 aromatic heterocycles. The molecule has 0 aliphatic carbocycles. The number of hydrogen-bond acceptors (Lipinski definition) is 4. The number of hydrogen-bond donors (Lipinski definition) is 1. The number of carbonyl (C=O) groups excluding carboxylic acids is 1. The molecule has 6 nitrogen and oxygen atoms in total. The maximum absolute atomic E-state index is 12.9. The summed E-state index contributed by atoms with van der Waals surface area (Å²) >= 11 is 0. The molecule has 0 spiro atoms. The molecule has 0 bridgehead atoms. The number of sulfonamides is 1. The predicted molar refractivity (Wildman–Crippen MR) is 103 cm³/mol. The Kier molecular flexibility index (Phi) is 6.13. The number of nitrogens with one attached hydrogen (secondary N) is 1. The second-order valence-electron chi connectivity index (χ2n) is 6.50. The van der Waals surface area contributed by atoms with E-state index in [1.54, 1.807) is 0 Å². The van der Waals surface area contributed by atoms with E-state index in [0.717, 1.165) is 24.8 Å². The number of piperidine rings is 1. The molecule has 144 valence electrons. The lowest BCUT2D eigenvalue weighted by molar-refractivity contribution is 0.0947. The van der Waals surface area contributed by atoms with Crippen LogP contribution in [0.4, 0.5) is 0 Å². The number of nitrogens with zero attached hydrogens (tertiary/aromatic N) is 1. The molecule has 1 aliphatic rings. The van der Waals surface area contributed by atoms with Gasteiger partial charge >= 0.3 is 0 Å². The van der Waals surface area contributed by atoms with Gasteiger partial charge in [0.1, 0.15) is 5.75 Å². The average Bonchev–Trinajstić information content (AvgIpc) is 2.73. The molecular weight excluding hydrogens is 364 g/mol. The quantitative estimate of drug-likeness (QED) is 0.826. The van der Waals surface area contributed by atoms with Gasteiger partial charge in [-0.1, -0.05) is 36.8 Å². The van der Waals surface area contributed by atoms with Gasteiger partial charge in [0.05, 0.1) is 17.6 Å². The summed E-state index contributed by atoms with van der Waals surface area (Å²) in [5.41, 5.74) is 1.17. The number of ether oxygens (including phenoxy) is 1. The van der Waals surface area contributed by atoms with Crippen molar-refractivity contribution < 1.29 is 17.9 Å². The second kappa shape index (κ2) is 8.54. The van der Waals surface area contributed by atoms with Crippen molar-refractivity contribution in [3.05, 3.63) is 59.7 Å². The maximum Gasteiger partial charge on any atom is 0.255 e. The maximum atomic E-state index is 12.9. The van der Waals surface area contributed by atoms with Crippen LogP contribution < -0.4 is 10.1 Å². The van der Waals surface area contributed by atoms with Crippen molar-refractivity contribution in [1.82, 2.24) is 9.62 Å². The van der Waals surface area contributed by atoms with Crippen molar-refractivity contribution in [2.45, 2.75) is 30.7 Å². The first kappa shape index (κ1) is 19.4. The Bertz CT molecular complexity index is 891. The van der Waals surface area contributed by atoms with Crippen molar-refractivity contribution in [3.8, 4) is 5.75 Å². The van der Waals surface area contributed by atoms with Gasteiger partial charge in [-0.25, -0.2) is 8.42 Å². The Morgan fingerprint density at radius 3 is 2.44 bits per heavy atom. The number of methoxy groups -OCH3 is 1. The van der Waals surface area contributed by atoms with Gasteiger partial charge in [-0.05, 0) is 36.6 Å². The van der Waals surface area contributed by atoms with E-state index < -0.39 is 10.0 Å². The summed E-state index contributed by atoms with van der Waals surface area (Å²) in [7, 11) is -2.15. The summed E-state index contributed by atoms with van der Waals surface area (Å²) in [5, 5.41) is 2.82. The van der Waals surface area contributed by atoms with Crippen LogP contribution in [0.25, 0.3) is 0 Å². The molecule has 1 aliphatic heterocycles. The monoisotopic (exact) mass is 388 g/mol. The molecule has 27 heavy (non-hydrogen) atoms. The number of amides is 1. The van der Waals surface area contributed by atoms with Gasteiger partial charge in [-0.3, -0.25) is 4.79 Å². The fourth-order valence-electron chi connectivity index (χ4n) is 3.15. The zero-order chi connectivity index (χ0) is 19.3. The van der Waals surface area contributed by atoms with Crippen molar-refractivity contribution in [2.75, 3.05) is 20.2 Å². The van der Waals surface area contributed by atoms with Crippen LogP contribution in [0.2, 0.25) is 0 Å². The van der Waals surface area contributed by atoms with E-state index in [1.807, 2.05) is 30.3 Å². The lowest BCUT2D eigenvalue weighted by Crippen LogP contribution is -2.35. The first-order chi connectivity index (χ1) is 13.0. The molecule has 3 rings (SSSR count). The highest BCUT2D eigenvalue weighted by Crippen LogP contribution is 2.26. The van der Waals surface area contributed by atoms with Crippen LogP contribution in [0.5, 0.6) is 5.75 Å². The summed E-state index contributed by atoms with van der Waals surface area (Å²) in [6.07, 6.45) is 2.77. The Hall–Kier alpha value is -2.38. The van der Waals surface area contributed by atoms with Crippen LogP contribution in [0.3, 0.4) is 0 Å². The van der Waals surface area contributed by atoms with Gasteiger partial charge in [-0.15, -0.1) is 0 Å². The highest BCUT2D eigenvalue weighted by molar-refractivity contribution is 7.89. The van der Waals surface area contributed by atoms with Crippen LogP contribution in [0, 0.1) is 0 Å². The molecule has 0 radical (unpaired) electrons. The lowest BCUT2D eigenvalue weighted by Gasteiger charge is -2.26. The topological polar surface area (TPSA) is 75.7 Å². The van der Waals surface area contributed by atoms with Gasteiger partial charge in [-0.2, -0.15) is 4.31 Å². The summed E-state index contributed by atoms with van der Waals surface area (Å²) in [5.74, 6) is -0.0236. The van der Waals surface area contributed by atoms with E-state index in [-0.39, 0.29) is 16.4 Å². The molecule has 1 N–H and O–H groups in total. The lowest BCUT2D eigenvalue weighted by atomic mass is 10.1. The predicted octanol–water partition coefficient (Wildman–Crippen LogP) is 2.80. The Balaban J connectivity index is 1.83. The van der Waals surface area contributed by atoms with E-state index in [9.17, 15) is 13.2 Å². The molecule has 1 saturated heterocycles. The molecule has 0 unspecified atom stereocenters. The smallest absolute Gasteiger partial charge is 0.255 e. The van der Waals surface area contributed by atoms with E-state index in [1.165, 1.54) is 29.6 Å². The summed E-state index contributed by atoms with van der Waals surface area (Å²) in [6.45, 7) is 1.39. The van der Waals surface area contributed by atoms with Gasteiger partial charge < -0.3 is 10.1 Å². The third kappa shape index (κ3) is 4.48. The Morgan fingerprint density at radius 2 is 1.78 bits per heavy atom. The van der Waals surface area contributed by atoms with E-state index >= 15 is 0 Å². The van der Waals surface area contributed by atoms with Crippen LogP contribution in [-0.2, 0) is 16.6 Å². The summed E-state index contributed by atoms with van der Waals surface area (Å²) < 4.78 is 32.5. The summed E-state index contributed by atoms with van der Waals surface area (Å²) in [6, 6.07) is 14.0. The minimum atomic E-state index is -3.61. The second-order valence-corrected chi connectivity index (χ2v) is 8.43. The fraction of sp³-hybridized carbons (Fsp3) is 0.350. The largest absolute Gasteiger partial charge is 0.496 e. The van der Waals surface area contributed by atoms with E-state index in [0.29, 0.717) is 25.4 Å². The van der Waals surface area contributed by atoms with Gasteiger partial charge in [0.15, 0.2) is 0 Å². The molecule has 2 aromatic rings. The zero-order valence-electron chi connectivity index (χ0n) is 15.3. The van der Waals surface area contributed by atoms with Gasteiger partial charge in [0, 0.05) is 19.6 Å². The van der Waals surface area contributed by atoms with Crippen LogP contribution in [0.1, 0.15) is 35.2 Å². The molecule has 7 heteroatoms. The van der Waals surface area contributed by atoms with Crippen molar-refractivity contribution >= 4 is 15.9 Å². The normalized spacial score (nSPS) is 15.3. The SMILES string of the molecule is COc1ccc(S(=O)(=O)N2CCCCC2)cc1C(=O)NCc1ccccc1. The van der Waals surface area contributed by atoms with Gasteiger partial charge in [0.2, 0.25) is 10.0 Å². The fourth-order valence-corrected chi connectivity index (χ4v) is 4.70. The van der Waals surface area contributed by atoms with E-state index in [4.69, 9.17) is 4.74 Å². The molecule has 2 aromatic carbocycles. The van der Waals surface area contributed by atoms with Crippen LogP contribution >= 0.6 is 0 Å².